The van der Waals surface area contributed by atoms with Crippen molar-refractivity contribution in [1.82, 2.24) is 4.90 Å². The third-order valence-corrected chi connectivity index (χ3v) is 5.12. The van der Waals surface area contributed by atoms with Crippen molar-refractivity contribution in [2.75, 3.05) is 0 Å². The highest BCUT2D eigenvalue weighted by Crippen LogP contribution is 2.38. The van der Waals surface area contributed by atoms with Crippen LogP contribution in [0.3, 0.4) is 0 Å². The number of nitrogens with zero attached hydrogens (tertiary/aromatic N) is 1. The maximum Gasteiger partial charge on any atom is 0.267 e. The molecule has 0 saturated carbocycles. The molecule has 2 aromatic carbocycles. The Bertz CT molecular complexity index is 907. The van der Waals surface area contributed by atoms with Crippen molar-refractivity contribution in [3.63, 3.8) is 0 Å². The number of thiocarbonyl (C=S) groups is 1. The largest absolute Gasteiger partial charge is 0.547 e. The molecule has 0 unspecified atom stereocenters. The Morgan fingerprint density at radius 3 is 2.27 bits per heavy atom. The van der Waals surface area contributed by atoms with Crippen molar-refractivity contribution in [1.29, 1.82) is 0 Å². The smallest absolute Gasteiger partial charge is 0.267 e. The van der Waals surface area contributed by atoms with Gasteiger partial charge in [0, 0.05) is 5.56 Å². The molecule has 1 amide bonds. The number of amides is 1. The standard InChI is InChI=1S/C19H13NO4S2/c21-11-13-8-6-12(7-9-13)10-15-17(22)20(19(25)26-15)16(18(23)24)14-4-2-1-3-5-14/h1-11,16H,(H,23,24)/p-1/b15-10-/t16-/m0/s1. The van der Waals surface area contributed by atoms with E-state index in [9.17, 15) is 19.5 Å². The van der Waals surface area contributed by atoms with Gasteiger partial charge in [0.15, 0.2) is 0 Å². The molecule has 1 fully saturated rings. The molecular formula is C19H12NO4S2-. The first-order valence-electron chi connectivity index (χ1n) is 7.59. The zero-order valence-electron chi connectivity index (χ0n) is 13.3. The minimum absolute atomic E-state index is 0.156. The maximum atomic E-state index is 12.8. The average molecular weight is 382 g/mol. The summed E-state index contributed by atoms with van der Waals surface area (Å²) in [4.78, 5) is 36.5. The van der Waals surface area contributed by atoms with Crippen LogP contribution in [-0.2, 0) is 9.59 Å². The van der Waals surface area contributed by atoms with Gasteiger partial charge in [-0.3, -0.25) is 14.5 Å². The van der Waals surface area contributed by atoms with Gasteiger partial charge in [-0.2, -0.15) is 0 Å². The molecule has 130 valence electrons. The van der Waals surface area contributed by atoms with E-state index in [1.807, 2.05) is 0 Å². The van der Waals surface area contributed by atoms with Crippen molar-refractivity contribution < 1.29 is 19.5 Å². The van der Waals surface area contributed by atoms with Gasteiger partial charge < -0.3 is 9.90 Å². The van der Waals surface area contributed by atoms with Crippen LogP contribution >= 0.6 is 24.0 Å². The molecule has 1 saturated heterocycles. The van der Waals surface area contributed by atoms with E-state index in [4.69, 9.17) is 12.2 Å². The first-order valence-corrected chi connectivity index (χ1v) is 8.82. The van der Waals surface area contributed by atoms with E-state index in [0.717, 1.165) is 22.9 Å². The molecule has 7 heteroatoms. The van der Waals surface area contributed by atoms with Gasteiger partial charge in [0.1, 0.15) is 16.6 Å². The highest BCUT2D eigenvalue weighted by Gasteiger charge is 2.38. The van der Waals surface area contributed by atoms with Crippen molar-refractivity contribution in [2.24, 2.45) is 0 Å². The highest BCUT2D eigenvalue weighted by molar-refractivity contribution is 8.26. The minimum Gasteiger partial charge on any atom is -0.547 e. The number of carboxylic acids is 1. The van der Waals surface area contributed by atoms with Crippen LogP contribution in [0.4, 0.5) is 0 Å². The summed E-state index contributed by atoms with van der Waals surface area (Å²) in [5.74, 6) is -1.89. The topological polar surface area (TPSA) is 77.5 Å². The second-order valence-corrected chi connectivity index (χ2v) is 7.14. The summed E-state index contributed by atoms with van der Waals surface area (Å²) < 4.78 is 0.156. The molecule has 1 atom stereocenters. The number of aldehydes is 1. The summed E-state index contributed by atoms with van der Waals surface area (Å²) in [5, 5.41) is 11.7. The van der Waals surface area contributed by atoms with E-state index < -0.39 is 17.9 Å². The van der Waals surface area contributed by atoms with Gasteiger partial charge in [0.2, 0.25) is 0 Å². The van der Waals surface area contributed by atoms with Gasteiger partial charge in [-0.05, 0) is 17.2 Å². The lowest BCUT2D eigenvalue weighted by Crippen LogP contribution is -2.43. The van der Waals surface area contributed by atoms with Crippen molar-refractivity contribution in [3.8, 4) is 0 Å². The monoisotopic (exact) mass is 382 g/mol. The van der Waals surface area contributed by atoms with Gasteiger partial charge in [-0.25, -0.2) is 0 Å². The second kappa shape index (κ2) is 7.63. The molecular weight excluding hydrogens is 370 g/mol. The number of hydrogen-bond acceptors (Lipinski definition) is 6. The first kappa shape index (κ1) is 18.0. The average Bonchev–Trinajstić information content (AvgIpc) is 2.91. The number of carbonyl (C=O) groups is 3. The van der Waals surface area contributed by atoms with Crippen LogP contribution < -0.4 is 5.11 Å². The normalized spacial score (nSPS) is 16.8. The lowest BCUT2D eigenvalue weighted by Gasteiger charge is -2.27. The highest BCUT2D eigenvalue weighted by atomic mass is 32.2. The Hall–Kier alpha value is -2.77. The Morgan fingerprint density at radius 2 is 1.69 bits per heavy atom. The molecule has 0 radical (unpaired) electrons. The molecule has 0 aliphatic carbocycles. The molecule has 0 bridgehead atoms. The number of benzene rings is 2. The number of thioether (sulfide) groups is 1. The third-order valence-electron chi connectivity index (χ3n) is 3.79. The number of aliphatic carboxylic acids is 1. The molecule has 26 heavy (non-hydrogen) atoms. The number of carbonyl (C=O) groups excluding carboxylic acids is 3. The Morgan fingerprint density at radius 1 is 1.08 bits per heavy atom. The molecule has 1 aliphatic rings. The van der Waals surface area contributed by atoms with Crippen LogP contribution in [0.25, 0.3) is 6.08 Å². The lowest BCUT2D eigenvalue weighted by atomic mass is 10.1. The molecule has 0 aromatic heterocycles. The van der Waals surface area contributed by atoms with Crippen molar-refractivity contribution in [2.45, 2.75) is 6.04 Å². The molecule has 1 aliphatic heterocycles. The Kier molecular flexibility index (Phi) is 5.29. The van der Waals surface area contributed by atoms with Gasteiger partial charge in [-0.15, -0.1) is 0 Å². The summed E-state index contributed by atoms with van der Waals surface area (Å²) in [6, 6.07) is 13.7. The fourth-order valence-electron chi connectivity index (χ4n) is 2.55. The lowest BCUT2D eigenvalue weighted by molar-refractivity contribution is -0.310. The van der Waals surface area contributed by atoms with Crippen LogP contribution in [0, 0.1) is 0 Å². The summed E-state index contributed by atoms with van der Waals surface area (Å²) in [6.07, 6.45) is 2.35. The van der Waals surface area contributed by atoms with Crippen molar-refractivity contribution >= 4 is 52.5 Å². The molecule has 0 N–H and O–H groups in total. The first-order chi connectivity index (χ1) is 12.5. The van der Waals surface area contributed by atoms with Gasteiger partial charge in [0.05, 0.1) is 10.9 Å². The molecule has 1 heterocycles. The fourth-order valence-corrected chi connectivity index (χ4v) is 3.86. The number of hydrogen-bond donors (Lipinski definition) is 0. The second-order valence-electron chi connectivity index (χ2n) is 5.47. The Balaban J connectivity index is 1.93. The van der Waals surface area contributed by atoms with E-state index in [1.54, 1.807) is 60.7 Å². The van der Waals surface area contributed by atoms with Crippen LogP contribution in [0.15, 0.2) is 59.5 Å². The quantitative estimate of drug-likeness (QED) is 0.448. The van der Waals surface area contributed by atoms with Crippen LogP contribution in [0.5, 0.6) is 0 Å². The third kappa shape index (κ3) is 3.58. The zero-order chi connectivity index (χ0) is 18.7. The summed E-state index contributed by atoms with van der Waals surface area (Å²) in [5.41, 5.74) is 1.65. The summed E-state index contributed by atoms with van der Waals surface area (Å²) in [7, 11) is 0. The summed E-state index contributed by atoms with van der Waals surface area (Å²) >= 11 is 6.27. The Labute approximate surface area is 159 Å². The molecule has 3 rings (SSSR count). The van der Waals surface area contributed by atoms with E-state index in [1.165, 1.54) is 0 Å². The van der Waals surface area contributed by atoms with E-state index >= 15 is 0 Å². The van der Waals surface area contributed by atoms with Gasteiger partial charge >= 0.3 is 0 Å². The predicted octanol–water partition coefficient (Wildman–Crippen LogP) is 2.19. The SMILES string of the molecule is O=Cc1ccc(/C=C2\SC(=S)N([C@H](C(=O)[O-])c3ccccc3)C2=O)cc1. The zero-order valence-corrected chi connectivity index (χ0v) is 15.0. The molecule has 2 aromatic rings. The fraction of sp³-hybridized carbons (Fsp3) is 0.0526. The van der Waals surface area contributed by atoms with Gasteiger partial charge in [0.25, 0.3) is 5.91 Å². The number of rotatable bonds is 5. The molecule has 0 spiro atoms. The predicted molar refractivity (Wildman–Crippen MR) is 101 cm³/mol. The molecule has 5 nitrogen and oxygen atoms in total. The van der Waals surface area contributed by atoms with Crippen LogP contribution in [0.1, 0.15) is 27.5 Å². The maximum absolute atomic E-state index is 12.8. The van der Waals surface area contributed by atoms with E-state index in [-0.39, 0.29) is 4.32 Å². The van der Waals surface area contributed by atoms with Crippen molar-refractivity contribution in [3.05, 3.63) is 76.2 Å². The van der Waals surface area contributed by atoms with Crippen LogP contribution in [0.2, 0.25) is 0 Å². The van der Waals surface area contributed by atoms with Gasteiger partial charge in [-0.1, -0.05) is 78.6 Å². The summed E-state index contributed by atoms with van der Waals surface area (Å²) in [6.45, 7) is 0. The van der Waals surface area contributed by atoms with Crippen LogP contribution in [-0.4, -0.2) is 27.4 Å². The number of carboxylic acid groups (broad SMARTS) is 1. The van der Waals surface area contributed by atoms with E-state index in [0.29, 0.717) is 21.6 Å². The minimum atomic E-state index is -1.40. The van der Waals surface area contributed by atoms with E-state index in [2.05, 4.69) is 0 Å².